The average molecular weight is 260 g/mol. The summed E-state index contributed by atoms with van der Waals surface area (Å²) < 4.78 is 10.8. The molecule has 4 nitrogen and oxygen atoms in total. The largest absolute Gasteiger partial charge is 0.385 e. The van der Waals surface area contributed by atoms with E-state index in [9.17, 15) is 0 Å². The maximum absolute atomic E-state index is 8.91. The van der Waals surface area contributed by atoms with Gasteiger partial charge in [0.15, 0.2) is 0 Å². The first-order valence-electron chi connectivity index (χ1n) is 6.64. The van der Waals surface area contributed by atoms with Crippen molar-refractivity contribution in [2.75, 3.05) is 33.4 Å². The lowest BCUT2D eigenvalue weighted by atomic mass is 10.1. The third kappa shape index (κ3) is 4.32. The van der Waals surface area contributed by atoms with Gasteiger partial charge in [-0.2, -0.15) is 5.26 Å². The molecule has 2 rings (SSSR count). The molecule has 1 aromatic rings. The zero-order chi connectivity index (χ0) is 13.5. The predicted octanol–water partition coefficient (Wildman–Crippen LogP) is 1.80. The first-order valence-corrected chi connectivity index (χ1v) is 6.64. The van der Waals surface area contributed by atoms with E-state index in [4.69, 9.17) is 14.7 Å². The summed E-state index contributed by atoms with van der Waals surface area (Å²) in [7, 11) is 1.72. The smallest absolute Gasteiger partial charge is 0.0991 e. The zero-order valence-electron chi connectivity index (χ0n) is 11.3. The Kier molecular flexibility index (Phi) is 5.34. The molecule has 0 aliphatic carbocycles. The number of ether oxygens (including phenoxy) is 2. The lowest BCUT2D eigenvalue weighted by Crippen LogP contribution is -2.42. The number of hydrogen-bond donors (Lipinski definition) is 0. The first-order chi connectivity index (χ1) is 9.31. The minimum absolute atomic E-state index is 0.257. The maximum Gasteiger partial charge on any atom is 0.0991 e. The van der Waals surface area contributed by atoms with Gasteiger partial charge in [0, 0.05) is 33.4 Å². The molecule has 0 unspecified atom stereocenters. The monoisotopic (exact) mass is 260 g/mol. The van der Waals surface area contributed by atoms with Crippen molar-refractivity contribution in [3.05, 3.63) is 35.4 Å². The number of nitriles is 1. The highest BCUT2D eigenvalue weighted by Gasteiger charge is 2.20. The van der Waals surface area contributed by atoms with E-state index in [0.717, 1.165) is 44.8 Å². The third-order valence-electron chi connectivity index (χ3n) is 3.33. The molecule has 0 saturated carbocycles. The van der Waals surface area contributed by atoms with E-state index < -0.39 is 0 Å². The van der Waals surface area contributed by atoms with E-state index >= 15 is 0 Å². The average Bonchev–Trinajstić information content (AvgIpc) is 2.46. The Hall–Kier alpha value is -1.41. The molecule has 1 aromatic carbocycles. The molecular formula is C15H20N2O2. The number of benzene rings is 1. The molecule has 1 aliphatic heterocycles. The summed E-state index contributed by atoms with van der Waals surface area (Å²) in [5.41, 5.74) is 1.91. The van der Waals surface area contributed by atoms with Gasteiger partial charge < -0.3 is 9.47 Å². The fourth-order valence-electron chi connectivity index (χ4n) is 2.35. The van der Waals surface area contributed by atoms with Crippen molar-refractivity contribution in [1.82, 2.24) is 4.90 Å². The second-order valence-corrected chi connectivity index (χ2v) is 4.82. The van der Waals surface area contributed by atoms with E-state index in [0.29, 0.717) is 0 Å². The highest BCUT2D eigenvalue weighted by molar-refractivity contribution is 5.32. The van der Waals surface area contributed by atoms with Crippen LogP contribution in [0.4, 0.5) is 0 Å². The number of hydrogen-bond acceptors (Lipinski definition) is 4. The molecule has 0 aromatic heterocycles. The molecule has 0 radical (unpaired) electrons. The van der Waals surface area contributed by atoms with Crippen molar-refractivity contribution in [1.29, 1.82) is 5.26 Å². The van der Waals surface area contributed by atoms with Crippen molar-refractivity contribution in [3.63, 3.8) is 0 Å². The second kappa shape index (κ2) is 7.25. The molecule has 19 heavy (non-hydrogen) atoms. The standard InChI is InChI=1S/C15H20N2O2/c1-18-7-5-15-12-17(6-8-19-15)11-14-4-2-3-13(9-14)10-16/h2-4,9,15H,5-8,11-12H2,1H3/t15-/m1/s1. The normalized spacial score (nSPS) is 20.1. The van der Waals surface area contributed by atoms with Gasteiger partial charge >= 0.3 is 0 Å². The summed E-state index contributed by atoms with van der Waals surface area (Å²) >= 11 is 0. The van der Waals surface area contributed by atoms with Crippen LogP contribution in [0.25, 0.3) is 0 Å². The predicted molar refractivity (Wildman–Crippen MR) is 72.7 cm³/mol. The minimum Gasteiger partial charge on any atom is -0.385 e. The van der Waals surface area contributed by atoms with E-state index in [-0.39, 0.29) is 6.10 Å². The summed E-state index contributed by atoms with van der Waals surface area (Å²) in [6.45, 7) is 4.26. The minimum atomic E-state index is 0.257. The van der Waals surface area contributed by atoms with E-state index in [1.54, 1.807) is 7.11 Å². The van der Waals surface area contributed by atoms with Gasteiger partial charge in [0.25, 0.3) is 0 Å². The highest BCUT2D eigenvalue weighted by Crippen LogP contribution is 2.13. The number of rotatable bonds is 5. The van der Waals surface area contributed by atoms with Crippen molar-refractivity contribution < 1.29 is 9.47 Å². The van der Waals surface area contributed by atoms with Gasteiger partial charge in [-0.1, -0.05) is 12.1 Å². The summed E-state index contributed by atoms with van der Waals surface area (Å²) in [5.74, 6) is 0. The van der Waals surface area contributed by atoms with Gasteiger partial charge in [-0.05, 0) is 24.1 Å². The quantitative estimate of drug-likeness (QED) is 0.810. The van der Waals surface area contributed by atoms with Crippen molar-refractivity contribution in [2.24, 2.45) is 0 Å². The van der Waals surface area contributed by atoms with Crippen LogP contribution in [0.1, 0.15) is 17.5 Å². The molecule has 1 atom stereocenters. The summed E-state index contributed by atoms with van der Waals surface area (Å²) in [4.78, 5) is 2.38. The number of morpholine rings is 1. The van der Waals surface area contributed by atoms with Gasteiger partial charge in [0.1, 0.15) is 0 Å². The van der Waals surface area contributed by atoms with Crippen molar-refractivity contribution >= 4 is 0 Å². The van der Waals surface area contributed by atoms with Crippen LogP contribution in [0.15, 0.2) is 24.3 Å². The summed E-state index contributed by atoms with van der Waals surface area (Å²) in [5, 5.41) is 8.91. The van der Waals surface area contributed by atoms with E-state index in [1.165, 1.54) is 5.56 Å². The molecule has 0 spiro atoms. The molecule has 0 N–H and O–H groups in total. The molecule has 0 bridgehead atoms. The van der Waals surface area contributed by atoms with Crippen molar-refractivity contribution in [3.8, 4) is 6.07 Å². The highest BCUT2D eigenvalue weighted by atomic mass is 16.5. The van der Waals surface area contributed by atoms with E-state index in [1.807, 2.05) is 18.2 Å². The van der Waals surface area contributed by atoms with Crippen molar-refractivity contribution in [2.45, 2.75) is 19.1 Å². The van der Waals surface area contributed by atoms with Gasteiger partial charge in [0.05, 0.1) is 24.3 Å². The van der Waals surface area contributed by atoms with Crippen LogP contribution in [-0.2, 0) is 16.0 Å². The number of methoxy groups -OCH3 is 1. The molecule has 4 heteroatoms. The van der Waals surface area contributed by atoms with Crippen LogP contribution < -0.4 is 0 Å². The topological polar surface area (TPSA) is 45.5 Å². The fourth-order valence-corrected chi connectivity index (χ4v) is 2.35. The Bertz CT molecular complexity index is 442. The Balaban J connectivity index is 1.89. The maximum atomic E-state index is 8.91. The lowest BCUT2D eigenvalue weighted by molar-refractivity contribution is -0.0432. The molecule has 1 heterocycles. The summed E-state index contributed by atoms with van der Waals surface area (Å²) in [6, 6.07) is 9.99. The number of nitrogens with zero attached hydrogens (tertiary/aromatic N) is 2. The second-order valence-electron chi connectivity index (χ2n) is 4.82. The molecule has 1 fully saturated rings. The summed E-state index contributed by atoms with van der Waals surface area (Å²) in [6.07, 6.45) is 1.19. The Morgan fingerprint density at radius 1 is 1.53 bits per heavy atom. The molecule has 0 amide bonds. The first kappa shape index (κ1) is 14.0. The third-order valence-corrected chi connectivity index (χ3v) is 3.33. The van der Waals surface area contributed by atoms with E-state index in [2.05, 4.69) is 17.0 Å². The van der Waals surface area contributed by atoms with Crippen LogP contribution >= 0.6 is 0 Å². The fraction of sp³-hybridized carbons (Fsp3) is 0.533. The SMILES string of the molecule is COCC[C@@H]1CN(Cc2cccc(C#N)c2)CCO1. The molecule has 1 saturated heterocycles. The van der Waals surface area contributed by atoms with Crippen LogP contribution in [-0.4, -0.2) is 44.4 Å². The molecule has 102 valence electrons. The van der Waals surface area contributed by atoms with Crippen LogP contribution in [0.3, 0.4) is 0 Å². The van der Waals surface area contributed by atoms with Gasteiger partial charge in [-0.25, -0.2) is 0 Å². The van der Waals surface area contributed by atoms with Crippen LogP contribution in [0.5, 0.6) is 0 Å². The lowest BCUT2D eigenvalue weighted by Gasteiger charge is -2.32. The van der Waals surface area contributed by atoms with Crippen LogP contribution in [0, 0.1) is 11.3 Å². The van der Waals surface area contributed by atoms with Gasteiger partial charge in [-0.3, -0.25) is 4.90 Å². The Labute approximate surface area is 114 Å². The van der Waals surface area contributed by atoms with Crippen LogP contribution in [0.2, 0.25) is 0 Å². The van der Waals surface area contributed by atoms with Gasteiger partial charge in [0.2, 0.25) is 0 Å². The Morgan fingerprint density at radius 3 is 3.21 bits per heavy atom. The van der Waals surface area contributed by atoms with Gasteiger partial charge in [-0.15, -0.1) is 0 Å². The Morgan fingerprint density at radius 2 is 2.42 bits per heavy atom. The zero-order valence-corrected chi connectivity index (χ0v) is 11.3. The molecule has 1 aliphatic rings. The molecular weight excluding hydrogens is 240 g/mol.